The first-order valence-electron chi connectivity index (χ1n) is 11.2. The maximum Gasteiger partial charge on any atom is 0.242 e. The van der Waals surface area contributed by atoms with Crippen LogP contribution in [0.2, 0.25) is 0 Å². The van der Waals surface area contributed by atoms with E-state index in [1.165, 1.54) is 11.3 Å². The van der Waals surface area contributed by atoms with Crippen LogP contribution in [0.3, 0.4) is 0 Å². The van der Waals surface area contributed by atoms with Crippen LogP contribution in [0.15, 0.2) is 70.3 Å². The second kappa shape index (κ2) is 12.4. The first-order chi connectivity index (χ1) is 16.1. The number of hydrogen-bond acceptors (Lipinski definition) is 5. The number of aromatic nitrogens is 1. The molecule has 4 rings (SSSR count). The van der Waals surface area contributed by atoms with Crippen molar-refractivity contribution in [2.45, 2.75) is 13.5 Å². The number of piperazine rings is 1. The van der Waals surface area contributed by atoms with Gasteiger partial charge in [-0.05, 0) is 31.2 Å². The highest BCUT2D eigenvalue weighted by molar-refractivity contribution is 14.0. The van der Waals surface area contributed by atoms with E-state index in [1.54, 1.807) is 13.3 Å². The summed E-state index contributed by atoms with van der Waals surface area (Å²) in [6.07, 6.45) is 1.63. The Kier molecular flexibility index (Phi) is 9.32. The van der Waals surface area contributed by atoms with Gasteiger partial charge in [0.2, 0.25) is 11.8 Å². The molecule has 34 heavy (non-hydrogen) atoms. The SMILES string of the molecule is CN=C(NCC(=O)N1CCN(c2ccccc2)CC1)NCc1coc(-c2ccc(C)cc2)n1.I. The van der Waals surface area contributed by atoms with Crippen molar-refractivity contribution in [3.8, 4) is 11.5 Å². The van der Waals surface area contributed by atoms with Crippen molar-refractivity contribution in [1.29, 1.82) is 0 Å². The molecular formula is C25H31IN6O2. The molecule has 1 aliphatic heterocycles. The normalized spacial score (nSPS) is 13.9. The zero-order valence-corrected chi connectivity index (χ0v) is 21.9. The number of para-hydroxylation sites is 1. The third-order valence-electron chi connectivity index (χ3n) is 5.67. The molecular weight excluding hydrogens is 543 g/mol. The molecule has 0 radical (unpaired) electrons. The van der Waals surface area contributed by atoms with Crippen molar-refractivity contribution >= 4 is 41.5 Å². The topological polar surface area (TPSA) is 86.0 Å². The van der Waals surface area contributed by atoms with E-state index in [0.717, 1.165) is 24.3 Å². The lowest BCUT2D eigenvalue weighted by Crippen LogP contribution is -2.52. The maximum atomic E-state index is 12.7. The van der Waals surface area contributed by atoms with E-state index in [2.05, 4.69) is 37.6 Å². The molecule has 2 N–H and O–H groups in total. The van der Waals surface area contributed by atoms with E-state index >= 15 is 0 Å². The number of carbonyl (C=O) groups excluding carboxylic acids is 1. The lowest BCUT2D eigenvalue weighted by atomic mass is 10.1. The van der Waals surface area contributed by atoms with E-state index in [-0.39, 0.29) is 36.4 Å². The molecule has 1 aromatic heterocycles. The Morgan fingerprint density at radius 2 is 1.74 bits per heavy atom. The zero-order chi connectivity index (χ0) is 23.0. The van der Waals surface area contributed by atoms with Gasteiger partial charge in [-0.15, -0.1) is 24.0 Å². The quantitative estimate of drug-likeness (QED) is 0.267. The average molecular weight is 574 g/mol. The van der Waals surface area contributed by atoms with Gasteiger partial charge in [0.15, 0.2) is 5.96 Å². The van der Waals surface area contributed by atoms with Crippen LogP contribution in [-0.2, 0) is 11.3 Å². The number of halogens is 1. The molecule has 0 aliphatic carbocycles. The minimum Gasteiger partial charge on any atom is -0.444 e. The average Bonchev–Trinajstić information content (AvgIpc) is 3.34. The largest absolute Gasteiger partial charge is 0.444 e. The summed E-state index contributed by atoms with van der Waals surface area (Å²) in [6, 6.07) is 18.3. The predicted octanol–water partition coefficient (Wildman–Crippen LogP) is 3.28. The van der Waals surface area contributed by atoms with Crippen LogP contribution in [-0.4, -0.2) is 61.5 Å². The Morgan fingerprint density at radius 3 is 2.41 bits per heavy atom. The fourth-order valence-electron chi connectivity index (χ4n) is 3.74. The number of aliphatic imine (C=N–C) groups is 1. The van der Waals surface area contributed by atoms with Gasteiger partial charge in [-0.25, -0.2) is 4.98 Å². The summed E-state index contributed by atoms with van der Waals surface area (Å²) in [6.45, 7) is 5.76. The van der Waals surface area contributed by atoms with Gasteiger partial charge in [-0.1, -0.05) is 35.9 Å². The summed E-state index contributed by atoms with van der Waals surface area (Å²) in [5, 5.41) is 6.28. The third kappa shape index (κ3) is 6.72. The van der Waals surface area contributed by atoms with Gasteiger partial charge >= 0.3 is 0 Å². The number of carbonyl (C=O) groups is 1. The van der Waals surface area contributed by atoms with Crippen molar-refractivity contribution in [2.75, 3.05) is 44.7 Å². The second-order valence-electron chi connectivity index (χ2n) is 7.99. The van der Waals surface area contributed by atoms with Crippen molar-refractivity contribution < 1.29 is 9.21 Å². The maximum absolute atomic E-state index is 12.7. The molecule has 0 saturated carbocycles. The number of anilines is 1. The molecule has 2 aromatic carbocycles. The summed E-state index contributed by atoms with van der Waals surface area (Å²) in [7, 11) is 1.68. The van der Waals surface area contributed by atoms with E-state index in [1.807, 2.05) is 54.3 Å². The van der Waals surface area contributed by atoms with E-state index in [4.69, 9.17) is 4.42 Å². The van der Waals surface area contributed by atoms with Crippen LogP contribution in [0.4, 0.5) is 5.69 Å². The van der Waals surface area contributed by atoms with E-state index in [0.29, 0.717) is 31.5 Å². The fraction of sp³-hybridized carbons (Fsp3) is 0.320. The Bertz CT molecular complexity index is 1080. The second-order valence-corrected chi connectivity index (χ2v) is 7.99. The molecule has 1 saturated heterocycles. The first kappa shape index (κ1) is 25.5. The number of nitrogens with zero attached hydrogens (tertiary/aromatic N) is 4. The lowest BCUT2D eigenvalue weighted by Gasteiger charge is -2.36. The smallest absolute Gasteiger partial charge is 0.242 e. The lowest BCUT2D eigenvalue weighted by molar-refractivity contribution is -0.130. The number of nitrogens with one attached hydrogen (secondary N) is 2. The molecule has 0 bridgehead atoms. The zero-order valence-electron chi connectivity index (χ0n) is 19.5. The summed E-state index contributed by atoms with van der Waals surface area (Å²) in [5.41, 5.74) is 4.09. The summed E-state index contributed by atoms with van der Waals surface area (Å²) in [4.78, 5) is 25.6. The van der Waals surface area contributed by atoms with Crippen LogP contribution in [0.5, 0.6) is 0 Å². The Morgan fingerprint density at radius 1 is 1.03 bits per heavy atom. The van der Waals surface area contributed by atoms with Crippen LogP contribution in [0.1, 0.15) is 11.3 Å². The van der Waals surface area contributed by atoms with Gasteiger partial charge in [0, 0.05) is 44.5 Å². The van der Waals surface area contributed by atoms with Crippen molar-refractivity contribution in [1.82, 2.24) is 20.5 Å². The molecule has 0 atom stereocenters. The molecule has 9 heteroatoms. The highest BCUT2D eigenvalue weighted by atomic mass is 127. The molecule has 1 aliphatic rings. The number of rotatable bonds is 6. The number of benzene rings is 2. The molecule has 1 fully saturated rings. The van der Waals surface area contributed by atoms with Crippen LogP contribution < -0.4 is 15.5 Å². The van der Waals surface area contributed by atoms with Gasteiger partial charge in [-0.3, -0.25) is 9.79 Å². The third-order valence-corrected chi connectivity index (χ3v) is 5.67. The van der Waals surface area contributed by atoms with Crippen molar-refractivity contribution in [3.63, 3.8) is 0 Å². The number of guanidine groups is 1. The molecule has 1 amide bonds. The monoisotopic (exact) mass is 574 g/mol. The van der Waals surface area contributed by atoms with Gasteiger partial charge in [0.25, 0.3) is 0 Å². The number of aryl methyl sites for hydroxylation is 1. The number of hydrogen-bond donors (Lipinski definition) is 2. The molecule has 0 spiro atoms. The van der Waals surface area contributed by atoms with Gasteiger partial charge in [-0.2, -0.15) is 0 Å². The standard InChI is InChI=1S/C25H30N6O2.HI/c1-19-8-10-20(11-9-19)24-29-21(18-33-24)16-27-25(26-2)28-17-23(32)31-14-12-30(13-15-31)22-6-4-3-5-7-22;/h3-11,18H,12-17H2,1-2H3,(H2,26,27,28);1H. The Balaban J connectivity index is 0.00000324. The highest BCUT2D eigenvalue weighted by Gasteiger charge is 2.21. The predicted molar refractivity (Wildman–Crippen MR) is 146 cm³/mol. The minimum absolute atomic E-state index is 0. The summed E-state index contributed by atoms with van der Waals surface area (Å²) < 4.78 is 5.60. The van der Waals surface area contributed by atoms with Crippen molar-refractivity contribution in [2.24, 2.45) is 4.99 Å². The minimum atomic E-state index is 0. The van der Waals surface area contributed by atoms with Crippen LogP contribution >= 0.6 is 24.0 Å². The van der Waals surface area contributed by atoms with E-state index in [9.17, 15) is 4.79 Å². The van der Waals surface area contributed by atoms with Gasteiger partial charge < -0.3 is 24.9 Å². The Hall–Kier alpha value is -3.08. The van der Waals surface area contributed by atoms with Crippen LogP contribution in [0.25, 0.3) is 11.5 Å². The molecule has 8 nitrogen and oxygen atoms in total. The fourth-order valence-corrected chi connectivity index (χ4v) is 3.74. The summed E-state index contributed by atoms with van der Waals surface area (Å²) in [5.74, 6) is 1.19. The summed E-state index contributed by atoms with van der Waals surface area (Å²) >= 11 is 0. The highest BCUT2D eigenvalue weighted by Crippen LogP contribution is 2.19. The number of oxazole rings is 1. The Labute approximate surface area is 217 Å². The molecule has 2 heterocycles. The van der Waals surface area contributed by atoms with Gasteiger partial charge in [0.1, 0.15) is 6.26 Å². The van der Waals surface area contributed by atoms with Gasteiger partial charge in [0.05, 0.1) is 18.8 Å². The number of amides is 1. The molecule has 180 valence electrons. The van der Waals surface area contributed by atoms with Crippen LogP contribution in [0, 0.1) is 6.92 Å². The van der Waals surface area contributed by atoms with Crippen molar-refractivity contribution in [3.05, 3.63) is 72.1 Å². The molecule has 0 unspecified atom stereocenters. The van der Waals surface area contributed by atoms with E-state index < -0.39 is 0 Å². The molecule has 3 aromatic rings. The first-order valence-corrected chi connectivity index (χ1v) is 11.2.